The summed E-state index contributed by atoms with van der Waals surface area (Å²) < 4.78 is 11.2. The molecule has 3 nitrogen and oxygen atoms in total. The minimum Gasteiger partial charge on any atom is -0.493 e. The van der Waals surface area contributed by atoms with Crippen molar-refractivity contribution in [1.82, 2.24) is 4.90 Å². The van der Waals surface area contributed by atoms with E-state index in [0.29, 0.717) is 6.04 Å². The van der Waals surface area contributed by atoms with Gasteiger partial charge < -0.3 is 9.47 Å². The van der Waals surface area contributed by atoms with Gasteiger partial charge in [0.15, 0.2) is 11.5 Å². The Kier molecular flexibility index (Phi) is 5.36. The molecule has 0 spiro atoms. The van der Waals surface area contributed by atoms with E-state index in [2.05, 4.69) is 84.7 Å². The average Bonchev–Trinajstić information content (AvgIpc) is 2.90. The number of nitrogens with zero attached hydrogens (tertiary/aromatic N) is 1. The van der Waals surface area contributed by atoms with Gasteiger partial charge in [0.05, 0.1) is 14.2 Å². The van der Waals surface area contributed by atoms with Crippen molar-refractivity contribution in [2.75, 3.05) is 27.8 Å². The van der Waals surface area contributed by atoms with Crippen LogP contribution in [0.2, 0.25) is 0 Å². The van der Waals surface area contributed by atoms with Crippen LogP contribution in [0.25, 0.3) is 0 Å². The predicted molar refractivity (Wildman–Crippen MR) is 113 cm³/mol. The Morgan fingerprint density at radius 1 is 0.786 bits per heavy atom. The van der Waals surface area contributed by atoms with Gasteiger partial charge in [0.25, 0.3) is 0 Å². The molecule has 0 fully saturated rings. The number of fused-ring (bicyclic) bond motifs is 1. The molecule has 4 rings (SSSR count). The Balaban J connectivity index is 1.86. The molecular weight excluding hydrogens is 346 g/mol. The molecule has 0 aliphatic carbocycles. The first-order valence-corrected chi connectivity index (χ1v) is 9.76. The van der Waals surface area contributed by atoms with E-state index in [0.717, 1.165) is 24.5 Å². The SMILES string of the molecule is COc1cc2c(cc1OC)[C@H](c1ccccc1)CN(C)[C@H](c1ccccc1)C2. The van der Waals surface area contributed by atoms with E-state index in [1.54, 1.807) is 14.2 Å². The topological polar surface area (TPSA) is 21.7 Å². The van der Waals surface area contributed by atoms with Gasteiger partial charge in [-0.2, -0.15) is 0 Å². The third kappa shape index (κ3) is 3.50. The Morgan fingerprint density at radius 2 is 1.36 bits per heavy atom. The van der Waals surface area contributed by atoms with Crippen LogP contribution in [0.4, 0.5) is 0 Å². The normalized spacial score (nSPS) is 19.5. The second kappa shape index (κ2) is 8.07. The van der Waals surface area contributed by atoms with E-state index < -0.39 is 0 Å². The first-order valence-electron chi connectivity index (χ1n) is 9.76. The van der Waals surface area contributed by atoms with Crippen LogP contribution in [0.5, 0.6) is 11.5 Å². The fourth-order valence-electron chi connectivity index (χ4n) is 4.33. The molecule has 1 heterocycles. The molecule has 0 radical (unpaired) electrons. The fourth-order valence-corrected chi connectivity index (χ4v) is 4.33. The average molecular weight is 373 g/mol. The highest BCUT2D eigenvalue weighted by Gasteiger charge is 2.30. The van der Waals surface area contributed by atoms with Crippen molar-refractivity contribution in [3.05, 3.63) is 95.1 Å². The standard InChI is InChI=1S/C25H27NO2/c1-26-17-22(18-10-6-4-7-11-18)21-16-25(28-3)24(27-2)15-20(21)14-23(26)19-12-8-5-9-13-19/h4-13,15-16,22-23H,14,17H2,1-3H3/t22-,23-/m0/s1. The zero-order valence-corrected chi connectivity index (χ0v) is 16.8. The number of methoxy groups -OCH3 is 2. The number of rotatable bonds is 4. The second-order valence-corrected chi connectivity index (χ2v) is 7.44. The molecule has 0 bridgehead atoms. The predicted octanol–water partition coefficient (Wildman–Crippen LogP) is 5.06. The van der Waals surface area contributed by atoms with Crippen molar-refractivity contribution in [3.8, 4) is 11.5 Å². The lowest BCUT2D eigenvalue weighted by atomic mass is 9.87. The van der Waals surface area contributed by atoms with Gasteiger partial charge in [-0.3, -0.25) is 4.90 Å². The molecule has 2 atom stereocenters. The van der Waals surface area contributed by atoms with Crippen LogP contribution < -0.4 is 9.47 Å². The fraction of sp³-hybridized carbons (Fsp3) is 0.280. The van der Waals surface area contributed by atoms with Crippen molar-refractivity contribution in [1.29, 1.82) is 0 Å². The molecule has 1 aliphatic rings. The highest BCUT2D eigenvalue weighted by atomic mass is 16.5. The molecule has 0 aromatic heterocycles. The van der Waals surface area contributed by atoms with Gasteiger partial charge in [-0.05, 0) is 47.9 Å². The number of hydrogen-bond acceptors (Lipinski definition) is 3. The second-order valence-electron chi connectivity index (χ2n) is 7.44. The van der Waals surface area contributed by atoms with Gasteiger partial charge in [-0.15, -0.1) is 0 Å². The first kappa shape index (κ1) is 18.6. The monoisotopic (exact) mass is 373 g/mol. The van der Waals surface area contributed by atoms with Crippen LogP contribution >= 0.6 is 0 Å². The summed E-state index contributed by atoms with van der Waals surface area (Å²) in [5.74, 6) is 1.88. The molecule has 1 aliphatic heterocycles. The van der Waals surface area contributed by atoms with E-state index >= 15 is 0 Å². The summed E-state index contributed by atoms with van der Waals surface area (Å²) >= 11 is 0. The maximum atomic E-state index is 5.63. The first-order chi connectivity index (χ1) is 13.7. The minimum absolute atomic E-state index is 0.287. The Labute approximate surface area is 167 Å². The van der Waals surface area contributed by atoms with Crippen LogP contribution in [0.3, 0.4) is 0 Å². The summed E-state index contributed by atoms with van der Waals surface area (Å²) in [5, 5.41) is 0. The highest BCUT2D eigenvalue weighted by molar-refractivity contribution is 5.52. The molecule has 0 saturated heterocycles. The van der Waals surface area contributed by atoms with Gasteiger partial charge in [-0.25, -0.2) is 0 Å². The summed E-state index contributed by atoms with van der Waals surface area (Å²) in [7, 11) is 5.64. The van der Waals surface area contributed by atoms with Crippen LogP contribution in [-0.2, 0) is 6.42 Å². The van der Waals surface area contributed by atoms with E-state index in [4.69, 9.17) is 9.47 Å². The van der Waals surface area contributed by atoms with Gasteiger partial charge in [0, 0.05) is 18.5 Å². The molecule has 144 valence electrons. The Morgan fingerprint density at radius 3 is 1.96 bits per heavy atom. The van der Waals surface area contributed by atoms with Gasteiger partial charge in [-0.1, -0.05) is 60.7 Å². The molecular formula is C25H27NO2. The van der Waals surface area contributed by atoms with E-state index in [9.17, 15) is 0 Å². The van der Waals surface area contributed by atoms with Gasteiger partial charge in [0.2, 0.25) is 0 Å². The summed E-state index contributed by atoms with van der Waals surface area (Å²) in [5.41, 5.74) is 5.33. The van der Waals surface area contributed by atoms with E-state index in [1.165, 1.54) is 22.3 Å². The molecule has 0 N–H and O–H groups in total. The van der Waals surface area contributed by atoms with Crippen molar-refractivity contribution in [2.24, 2.45) is 0 Å². The molecule has 3 heteroatoms. The third-order valence-electron chi connectivity index (χ3n) is 5.82. The summed E-state index contributed by atoms with van der Waals surface area (Å²) in [4.78, 5) is 2.48. The summed E-state index contributed by atoms with van der Waals surface area (Å²) in [6.45, 7) is 0.950. The van der Waals surface area contributed by atoms with Crippen molar-refractivity contribution >= 4 is 0 Å². The molecule has 0 amide bonds. The number of likely N-dealkylation sites (N-methyl/N-ethyl adjacent to an activating group) is 1. The lowest BCUT2D eigenvalue weighted by molar-refractivity contribution is 0.245. The molecule has 28 heavy (non-hydrogen) atoms. The van der Waals surface area contributed by atoms with Gasteiger partial charge in [0.1, 0.15) is 0 Å². The van der Waals surface area contributed by atoms with E-state index in [-0.39, 0.29) is 5.92 Å². The lowest BCUT2D eigenvalue weighted by Crippen LogP contribution is -2.28. The number of ether oxygens (including phenoxy) is 2. The number of hydrogen-bond donors (Lipinski definition) is 0. The van der Waals surface area contributed by atoms with Gasteiger partial charge >= 0.3 is 0 Å². The van der Waals surface area contributed by atoms with Crippen molar-refractivity contribution in [3.63, 3.8) is 0 Å². The van der Waals surface area contributed by atoms with Crippen LogP contribution in [0, 0.1) is 0 Å². The largest absolute Gasteiger partial charge is 0.493 e. The van der Waals surface area contributed by atoms with Crippen molar-refractivity contribution < 1.29 is 9.47 Å². The third-order valence-corrected chi connectivity index (χ3v) is 5.82. The summed E-state index contributed by atoms with van der Waals surface area (Å²) in [6, 6.07) is 26.2. The smallest absolute Gasteiger partial charge is 0.161 e. The van der Waals surface area contributed by atoms with E-state index in [1.807, 2.05) is 0 Å². The van der Waals surface area contributed by atoms with Crippen LogP contribution in [-0.4, -0.2) is 32.7 Å². The molecule has 0 saturated carbocycles. The molecule has 3 aromatic carbocycles. The quantitative estimate of drug-likeness (QED) is 0.638. The summed E-state index contributed by atoms with van der Waals surface area (Å²) in [6.07, 6.45) is 0.944. The Hall–Kier alpha value is -2.78. The highest BCUT2D eigenvalue weighted by Crippen LogP contribution is 2.42. The maximum Gasteiger partial charge on any atom is 0.161 e. The minimum atomic E-state index is 0.287. The maximum absolute atomic E-state index is 5.63. The van der Waals surface area contributed by atoms with Crippen LogP contribution in [0.15, 0.2) is 72.8 Å². The van der Waals surface area contributed by atoms with Crippen molar-refractivity contribution in [2.45, 2.75) is 18.4 Å². The number of benzene rings is 3. The zero-order valence-electron chi connectivity index (χ0n) is 16.8. The Bertz CT molecular complexity index is 924. The molecule has 0 unspecified atom stereocenters. The zero-order chi connectivity index (χ0) is 19.5. The lowest BCUT2D eigenvalue weighted by Gasteiger charge is -2.28. The molecule has 3 aromatic rings. The van der Waals surface area contributed by atoms with Crippen LogP contribution in [0.1, 0.15) is 34.2 Å².